The Morgan fingerprint density at radius 1 is 1.14 bits per heavy atom. The first kappa shape index (κ1) is 15.4. The molecule has 2 rings (SSSR count). The maximum atomic E-state index is 11.8. The van der Waals surface area contributed by atoms with Crippen molar-refractivity contribution in [2.45, 2.75) is 12.3 Å². The van der Waals surface area contributed by atoms with Crippen LogP contribution in [-0.2, 0) is 9.53 Å². The van der Waals surface area contributed by atoms with Crippen LogP contribution in [0.5, 0.6) is 5.75 Å². The van der Waals surface area contributed by atoms with Crippen LogP contribution in [0.25, 0.3) is 11.1 Å². The number of halogens is 1. The van der Waals surface area contributed by atoms with E-state index in [0.717, 1.165) is 11.1 Å². The van der Waals surface area contributed by atoms with Crippen molar-refractivity contribution in [2.24, 2.45) is 0 Å². The smallest absolute Gasteiger partial charge is 0.328 e. The van der Waals surface area contributed by atoms with Gasteiger partial charge in [0.15, 0.2) is 5.38 Å². The summed E-state index contributed by atoms with van der Waals surface area (Å²) in [6.45, 7) is 2.05. The van der Waals surface area contributed by atoms with Gasteiger partial charge in [-0.1, -0.05) is 42.5 Å². The normalized spacial score (nSPS) is 11.8. The summed E-state index contributed by atoms with van der Waals surface area (Å²) in [6, 6.07) is 15.5. The third-order valence-corrected chi connectivity index (χ3v) is 3.52. The molecule has 0 saturated heterocycles. The first-order valence-electron chi connectivity index (χ1n) is 6.71. The van der Waals surface area contributed by atoms with Crippen LogP contribution >= 0.6 is 11.6 Å². The first-order chi connectivity index (χ1) is 10.2. The van der Waals surface area contributed by atoms with E-state index in [0.29, 0.717) is 17.9 Å². The fraction of sp³-hybridized carbons (Fsp3) is 0.235. The molecule has 0 aliphatic rings. The molecule has 1 unspecified atom stereocenters. The molecule has 0 aromatic heterocycles. The summed E-state index contributed by atoms with van der Waals surface area (Å²) < 4.78 is 10.3. The zero-order valence-corrected chi connectivity index (χ0v) is 12.8. The van der Waals surface area contributed by atoms with Gasteiger partial charge in [0.25, 0.3) is 0 Å². The monoisotopic (exact) mass is 304 g/mol. The Morgan fingerprint density at radius 3 is 2.48 bits per heavy atom. The molecule has 0 amide bonds. The number of esters is 1. The van der Waals surface area contributed by atoms with E-state index in [4.69, 9.17) is 21.1 Å². The van der Waals surface area contributed by atoms with Gasteiger partial charge in [0.05, 0.1) is 13.7 Å². The van der Waals surface area contributed by atoms with Gasteiger partial charge in [0, 0.05) is 5.56 Å². The van der Waals surface area contributed by atoms with Gasteiger partial charge in [-0.25, -0.2) is 0 Å². The molecule has 2 aromatic carbocycles. The number of ether oxygens (including phenoxy) is 2. The van der Waals surface area contributed by atoms with Crippen LogP contribution in [-0.4, -0.2) is 19.7 Å². The highest BCUT2D eigenvalue weighted by Crippen LogP contribution is 2.34. The Bertz CT molecular complexity index is 611. The van der Waals surface area contributed by atoms with Gasteiger partial charge in [-0.3, -0.25) is 4.79 Å². The zero-order chi connectivity index (χ0) is 15.2. The van der Waals surface area contributed by atoms with E-state index in [-0.39, 0.29) is 0 Å². The number of carbonyl (C=O) groups excluding carboxylic acids is 1. The molecule has 21 heavy (non-hydrogen) atoms. The largest absolute Gasteiger partial charge is 0.496 e. The second-order valence-electron chi connectivity index (χ2n) is 4.44. The third kappa shape index (κ3) is 3.56. The molecule has 1 atom stereocenters. The summed E-state index contributed by atoms with van der Waals surface area (Å²) in [7, 11) is 1.56. The Balaban J connectivity index is 2.35. The van der Waals surface area contributed by atoms with E-state index in [1.165, 1.54) is 0 Å². The lowest BCUT2D eigenvalue weighted by molar-refractivity contribution is -0.142. The molecule has 110 valence electrons. The van der Waals surface area contributed by atoms with Crippen molar-refractivity contribution in [1.82, 2.24) is 0 Å². The second kappa shape index (κ2) is 7.14. The lowest BCUT2D eigenvalue weighted by Gasteiger charge is -2.14. The standard InChI is InChI=1S/C17H17ClO3/c1-3-21-17(19)16(18)14-10-9-13(11-15(14)20-2)12-7-5-4-6-8-12/h4-11,16H,3H2,1-2H3. The third-order valence-electron chi connectivity index (χ3n) is 3.11. The molecule has 4 heteroatoms. The Labute approximate surface area is 129 Å². The zero-order valence-electron chi connectivity index (χ0n) is 12.0. The average molecular weight is 305 g/mol. The Hall–Kier alpha value is -2.00. The molecule has 0 aliphatic heterocycles. The van der Waals surface area contributed by atoms with E-state index in [2.05, 4.69) is 0 Å². The molecule has 0 heterocycles. The van der Waals surface area contributed by atoms with E-state index in [1.807, 2.05) is 42.5 Å². The number of hydrogen-bond donors (Lipinski definition) is 0. The van der Waals surface area contributed by atoms with Crippen LogP contribution in [0.2, 0.25) is 0 Å². The second-order valence-corrected chi connectivity index (χ2v) is 4.87. The van der Waals surface area contributed by atoms with E-state index in [9.17, 15) is 4.79 Å². The van der Waals surface area contributed by atoms with Crippen LogP contribution in [0.4, 0.5) is 0 Å². The molecule has 0 spiro atoms. The molecule has 0 aliphatic carbocycles. The number of rotatable bonds is 5. The minimum Gasteiger partial charge on any atom is -0.496 e. The molecular formula is C17H17ClO3. The van der Waals surface area contributed by atoms with E-state index < -0.39 is 11.3 Å². The quantitative estimate of drug-likeness (QED) is 0.613. The molecule has 0 saturated carbocycles. The maximum Gasteiger partial charge on any atom is 0.328 e. The lowest BCUT2D eigenvalue weighted by atomic mass is 10.0. The fourth-order valence-corrected chi connectivity index (χ4v) is 2.32. The molecular weight excluding hydrogens is 288 g/mol. The summed E-state index contributed by atoms with van der Waals surface area (Å²) in [6.07, 6.45) is 0. The van der Waals surface area contributed by atoms with Gasteiger partial charge >= 0.3 is 5.97 Å². The fourth-order valence-electron chi connectivity index (χ4n) is 2.07. The Morgan fingerprint density at radius 2 is 1.86 bits per heavy atom. The minimum absolute atomic E-state index is 0.298. The van der Waals surface area contributed by atoms with Gasteiger partial charge in [-0.15, -0.1) is 11.6 Å². The van der Waals surface area contributed by atoms with Crippen molar-refractivity contribution in [3.05, 3.63) is 54.1 Å². The van der Waals surface area contributed by atoms with Crippen molar-refractivity contribution in [3.63, 3.8) is 0 Å². The molecule has 0 bridgehead atoms. The van der Waals surface area contributed by atoms with Gasteiger partial charge in [0.2, 0.25) is 0 Å². The highest BCUT2D eigenvalue weighted by atomic mass is 35.5. The molecule has 0 N–H and O–H groups in total. The predicted molar refractivity (Wildman–Crippen MR) is 83.7 cm³/mol. The van der Waals surface area contributed by atoms with Crippen LogP contribution in [0.15, 0.2) is 48.5 Å². The number of hydrogen-bond acceptors (Lipinski definition) is 3. The maximum absolute atomic E-state index is 11.8. The molecule has 2 aromatic rings. The summed E-state index contributed by atoms with van der Waals surface area (Å²) >= 11 is 6.16. The first-order valence-corrected chi connectivity index (χ1v) is 7.15. The predicted octanol–water partition coefficient (Wildman–Crippen LogP) is 4.21. The van der Waals surface area contributed by atoms with Crippen molar-refractivity contribution >= 4 is 17.6 Å². The number of benzene rings is 2. The highest BCUT2D eigenvalue weighted by molar-refractivity contribution is 6.30. The number of carbonyl (C=O) groups is 1. The molecule has 0 radical (unpaired) electrons. The van der Waals surface area contributed by atoms with Gasteiger partial charge in [-0.2, -0.15) is 0 Å². The van der Waals surface area contributed by atoms with Crippen molar-refractivity contribution in [3.8, 4) is 16.9 Å². The summed E-state index contributed by atoms with van der Waals surface area (Å²) in [4.78, 5) is 11.8. The van der Waals surface area contributed by atoms with Gasteiger partial charge in [0.1, 0.15) is 5.75 Å². The average Bonchev–Trinajstić information content (AvgIpc) is 2.54. The topological polar surface area (TPSA) is 35.5 Å². The van der Waals surface area contributed by atoms with Crippen molar-refractivity contribution < 1.29 is 14.3 Å². The van der Waals surface area contributed by atoms with Crippen LogP contribution in [0.3, 0.4) is 0 Å². The SMILES string of the molecule is CCOC(=O)C(Cl)c1ccc(-c2ccccc2)cc1OC. The van der Waals surface area contributed by atoms with Gasteiger partial charge < -0.3 is 9.47 Å². The highest BCUT2D eigenvalue weighted by Gasteiger charge is 2.23. The summed E-state index contributed by atoms with van der Waals surface area (Å²) in [5.74, 6) is 0.106. The molecule has 3 nitrogen and oxygen atoms in total. The minimum atomic E-state index is -0.871. The van der Waals surface area contributed by atoms with E-state index >= 15 is 0 Å². The number of methoxy groups -OCH3 is 1. The van der Waals surface area contributed by atoms with Crippen LogP contribution in [0, 0.1) is 0 Å². The van der Waals surface area contributed by atoms with Crippen LogP contribution in [0.1, 0.15) is 17.9 Å². The molecule has 0 fully saturated rings. The Kier molecular flexibility index (Phi) is 5.23. The van der Waals surface area contributed by atoms with Crippen LogP contribution < -0.4 is 4.74 Å². The lowest BCUT2D eigenvalue weighted by Crippen LogP contribution is -2.12. The van der Waals surface area contributed by atoms with E-state index in [1.54, 1.807) is 20.1 Å². The van der Waals surface area contributed by atoms with Crippen molar-refractivity contribution in [2.75, 3.05) is 13.7 Å². The summed E-state index contributed by atoms with van der Waals surface area (Å²) in [5, 5.41) is -0.871. The number of alkyl halides is 1. The van der Waals surface area contributed by atoms with Crippen molar-refractivity contribution in [1.29, 1.82) is 0 Å². The van der Waals surface area contributed by atoms with Gasteiger partial charge in [-0.05, 0) is 24.1 Å². The summed E-state index contributed by atoms with van der Waals surface area (Å²) in [5.41, 5.74) is 2.69.